The predicted molar refractivity (Wildman–Crippen MR) is 56.7 cm³/mol. The summed E-state index contributed by atoms with van der Waals surface area (Å²) < 4.78 is 0. The van der Waals surface area contributed by atoms with Crippen LogP contribution in [0.1, 0.15) is 12.0 Å². The van der Waals surface area contributed by atoms with Crippen LogP contribution in [0.4, 0.5) is 0 Å². The number of nitrogens with zero attached hydrogens (tertiary/aromatic N) is 2. The highest BCUT2D eigenvalue weighted by atomic mass is 16.1. The van der Waals surface area contributed by atoms with Gasteiger partial charge in [-0.2, -0.15) is 15.4 Å². The number of rotatable bonds is 3. The Hall–Kier alpha value is -2.17. The summed E-state index contributed by atoms with van der Waals surface area (Å²) in [4.78, 5) is 10.5. The molecule has 0 aliphatic heterocycles. The first-order valence-corrected chi connectivity index (χ1v) is 4.51. The average molecular weight is 202 g/mol. The molecule has 0 unspecified atom stereocenters. The fourth-order valence-electron chi connectivity index (χ4n) is 1.27. The van der Waals surface area contributed by atoms with E-state index in [9.17, 15) is 4.79 Å². The molecule has 1 amide bonds. The van der Waals surface area contributed by atoms with Gasteiger partial charge in [-0.3, -0.25) is 4.79 Å². The molecular formula is C10H10N4O. The first-order valence-electron chi connectivity index (χ1n) is 4.51. The van der Waals surface area contributed by atoms with Crippen molar-refractivity contribution in [3.8, 4) is 0 Å². The van der Waals surface area contributed by atoms with E-state index in [4.69, 9.17) is 5.73 Å². The minimum Gasteiger partial charge on any atom is -0.369 e. The first-order chi connectivity index (χ1) is 7.25. The molecule has 1 heterocycles. The normalized spacial score (nSPS) is 11.2. The monoisotopic (exact) mass is 202 g/mol. The third kappa shape index (κ3) is 2.19. The van der Waals surface area contributed by atoms with E-state index in [1.54, 1.807) is 6.08 Å². The minimum atomic E-state index is -0.339. The number of aromatic nitrogens is 3. The zero-order valence-electron chi connectivity index (χ0n) is 7.97. The van der Waals surface area contributed by atoms with Gasteiger partial charge in [-0.15, -0.1) is 0 Å². The summed E-state index contributed by atoms with van der Waals surface area (Å²) >= 11 is 0. The van der Waals surface area contributed by atoms with Crippen LogP contribution in [0.25, 0.3) is 17.1 Å². The summed E-state index contributed by atoms with van der Waals surface area (Å²) in [5.41, 5.74) is 7.61. The van der Waals surface area contributed by atoms with Crippen molar-refractivity contribution in [3.63, 3.8) is 0 Å². The Morgan fingerprint density at radius 1 is 1.40 bits per heavy atom. The highest BCUT2D eigenvalue weighted by Gasteiger charge is 1.97. The zero-order chi connectivity index (χ0) is 10.7. The second-order valence-electron chi connectivity index (χ2n) is 3.14. The van der Waals surface area contributed by atoms with Gasteiger partial charge in [-0.25, -0.2) is 0 Å². The topological polar surface area (TPSA) is 84.7 Å². The molecule has 0 spiro atoms. The standard InChI is InChI=1S/C10H10N4O/c11-10(15)3-1-2-7-4-5-8-9(6-7)13-14-12-8/h1-2,4-6H,3H2,(H2,11,15)(H,12,13,14). The molecule has 5 heteroatoms. The quantitative estimate of drug-likeness (QED) is 0.773. The van der Waals surface area contributed by atoms with Gasteiger partial charge in [-0.1, -0.05) is 18.2 Å². The van der Waals surface area contributed by atoms with Crippen LogP contribution < -0.4 is 5.73 Å². The molecule has 0 atom stereocenters. The van der Waals surface area contributed by atoms with Gasteiger partial charge in [0.2, 0.25) is 5.91 Å². The Morgan fingerprint density at radius 3 is 3.00 bits per heavy atom. The van der Waals surface area contributed by atoms with E-state index in [-0.39, 0.29) is 12.3 Å². The predicted octanol–water partition coefficient (Wildman–Crippen LogP) is 0.847. The Kier molecular flexibility index (Phi) is 2.45. The Morgan fingerprint density at radius 2 is 2.20 bits per heavy atom. The van der Waals surface area contributed by atoms with Gasteiger partial charge < -0.3 is 5.73 Å². The highest BCUT2D eigenvalue weighted by molar-refractivity contribution is 5.78. The molecule has 3 N–H and O–H groups in total. The molecule has 0 aliphatic rings. The molecule has 1 aromatic heterocycles. The van der Waals surface area contributed by atoms with Crippen LogP contribution in [0.3, 0.4) is 0 Å². The van der Waals surface area contributed by atoms with Crippen LogP contribution in [0.5, 0.6) is 0 Å². The van der Waals surface area contributed by atoms with Crippen LogP contribution in [0, 0.1) is 0 Å². The second kappa shape index (κ2) is 3.91. The van der Waals surface area contributed by atoms with Gasteiger partial charge in [-0.05, 0) is 17.7 Å². The molecule has 5 nitrogen and oxygen atoms in total. The lowest BCUT2D eigenvalue weighted by Crippen LogP contribution is -2.07. The summed E-state index contributed by atoms with van der Waals surface area (Å²) in [5, 5.41) is 10.4. The molecule has 1 aromatic carbocycles. The Balaban J connectivity index is 2.21. The number of fused-ring (bicyclic) bond motifs is 1. The Labute approximate surface area is 86.0 Å². The van der Waals surface area contributed by atoms with Crippen molar-refractivity contribution in [1.82, 2.24) is 15.4 Å². The van der Waals surface area contributed by atoms with Crippen molar-refractivity contribution in [3.05, 3.63) is 29.8 Å². The zero-order valence-corrected chi connectivity index (χ0v) is 7.97. The van der Waals surface area contributed by atoms with Crippen molar-refractivity contribution in [1.29, 1.82) is 0 Å². The third-order valence-electron chi connectivity index (χ3n) is 1.97. The number of H-pyrrole nitrogens is 1. The number of carbonyl (C=O) groups excluding carboxylic acids is 1. The average Bonchev–Trinajstić information content (AvgIpc) is 2.64. The summed E-state index contributed by atoms with van der Waals surface area (Å²) in [6.45, 7) is 0. The van der Waals surface area contributed by atoms with E-state index in [1.165, 1.54) is 0 Å². The van der Waals surface area contributed by atoms with Gasteiger partial charge in [0.1, 0.15) is 11.0 Å². The van der Waals surface area contributed by atoms with Crippen LogP contribution >= 0.6 is 0 Å². The maximum Gasteiger partial charge on any atom is 0.221 e. The van der Waals surface area contributed by atoms with E-state index in [1.807, 2.05) is 24.3 Å². The number of nitrogens with one attached hydrogen (secondary N) is 1. The smallest absolute Gasteiger partial charge is 0.221 e. The van der Waals surface area contributed by atoms with Gasteiger partial charge in [0.15, 0.2) is 0 Å². The fourth-order valence-corrected chi connectivity index (χ4v) is 1.27. The number of carbonyl (C=O) groups is 1. The van der Waals surface area contributed by atoms with Gasteiger partial charge >= 0.3 is 0 Å². The van der Waals surface area contributed by atoms with Crippen LogP contribution in [0.2, 0.25) is 0 Å². The van der Waals surface area contributed by atoms with E-state index < -0.39 is 0 Å². The SMILES string of the molecule is NC(=O)CC=Cc1ccc2n[nH]nc2c1. The highest BCUT2D eigenvalue weighted by Crippen LogP contribution is 2.11. The molecule has 0 radical (unpaired) electrons. The van der Waals surface area contributed by atoms with E-state index in [0.717, 1.165) is 16.6 Å². The fraction of sp³-hybridized carbons (Fsp3) is 0.100. The summed E-state index contributed by atoms with van der Waals surface area (Å²) in [5.74, 6) is -0.339. The minimum absolute atomic E-state index is 0.247. The first kappa shape index (κ1) is 9.39. The van der Waals surface area contributed by atoms with Crippen LogP contribution in [0.15, 0.2) is 24.3 Å². The summed E-state index contributed by atoms with van der Waals surface area (Å²) in [7, 11) is 0. The molecule has 0 saturated carbocycles. The van der Waals surface area contributed by atoms with Gasteiger partial charge in [0, 0.05) is 6.42 Å². The molecule has 76 valence electrons. The second-order valence-corrected chi connectivity index (χ2v) is 3.14. The lowest BCUT2D eigenvalue weighted by atomic mass is 10.2. The van der Waals surface area contributed by atoms with Gasteiger partial charge in [0.05, 0.1) is 0 Å². The molecular weight excluding hydrogens is 192 g/mol. The van der Waals surface area contributed by atoms with Crippen molar-refractivity contribution in [2.24, 2.45) is 5.73 Å². The van der Waals surface area contributed by atoms with Crippen LogP contribution in [-0.4, -0.2) is 21.3 Å². The van der Waals surface area contributed by atoms with E-state index >= 15 is 0 Å². The largest absolute Gasteiger partial charge is 0.369 e. The molecule has 0 aliphatic carbocycles. The number of nitrogens with two attached hydrogens (primary N) is 1. The summed E-state index contributed by atoms with van der Waals surface area (Å²) in [6.07, 6.45) is 3.80. The molecule has 15 heavy (non-hydrogen) atoms. The number of primary amides is 1. The summed E-state index contributed by atoms with van der Waals surface area (Å²) in [6, 6.07) is 5.65. The van der Waals surface area contributed by atoms with E-state index in [2.05, 4.69) is 15.4 Å². The number of amides is 1. The van der Waals surface area contributed by atoms with Gasteiger partial charge in [0.25, 0.3) is 0 Å². The molecule has 0 bridgehead atoms. The van der Waals surface area contributed by atoms with Crippen molar-refractivity contribution < 1.29 is 4.79 Å². The molecule has 2 aromatic rings. The lowest BCUT2D eigenvalue weighted by Gasteiger charge is -1.91. The maximum atomic E-state index is 10.5. The van der Waals surface area contributed by atoms with Crippen LogP contribution in [-0.2, 0) is 4.79 Å². The third-order valence-corrected chi connectivity index (χ3v) is 1.97. The van der Waals surface area contributed by atoms with Crippen molar-refractivity contribution >= 4 is 23.0 Å². The number of hydrogen-bond donors (Lipinski definition) is 2. The Bertz CT molecular complexity index is 515. The molecule has 2 rings (SSSR count). The number of hydrogen-bond acceptors (Lipinski definition) is 3. The van der Waals surface area contributed by atoms with E-state index in [0.29, 0.717) is 0 Å². The number of aromatic amines is 1. The lowest BCUT2D eigenvalue weighted by molar-refractivity contribution is -0.117. The maximum absolute atomic E-state index is 10.5. The van der Waals surface area contributed by atoms with Crippen molar-refractivity contribution in [2.75, 3.05) is 0 Å². The molecule has 0 saturated heterocycles. The number of benzene rings is 1. The van der Waals surface area contributed by atoms with Crippen molar-refractivity contribution in [2.45, 2.75) is 6.42 Å². The molecule has 0 fully saturated rings.